The molecule has 0 atom stereocenters. The summed E-state index contributed by atoms with van der Waals surface area (Å²) < 4.78 is 7.33. The monoisotopic (exact) mass is 337 g/mol. The van der Waals surface area contributed by atoms with Crippen molar-refractivity contribution in [2.75, 3.05) is 0 Å². The summed E-state index contributed by atoms with van der Waals surface area (Å²) in [6, 6.07) is 10.2. The van der Waals surface area contributed by atoms with Gasteiger partial charge in [-0.05, 0) is 38.8 Å². The van der Waals surface area contributed by atoms with Crippen LogP contribution in [0.3, 0.4) is 0 Å². The van der Waals surface area contributed by atoms with Crippen LogP contribution < -0.4 is 0 Å². The van der Waals surface area contributed by atoms with Crippen LogP contribution in [0.15, 0.2) is 42.9 Å². The second-order valence-corrected chi connectivity index (χ2v) is 7.17. The highest BCUT2D eigenvalue weighted by atomic mass is 16.6. The average Bonchev–Trinajstić information content (AvgIpc) is 2.93. The molecule has 5 nitrogen and oxygen atoms in total. The van der Waals surface area contributed by atoms with Crippen LogP contribution in [-0.2, 0) is 23.0 Å². The number of benzene rings is 1. The number of hydrogen-bond acceptors (Lipinski definition) is 4. The predicted octanol–water partition coefficient (Wildman–Crippen LogP) is 3.91. The molecule has 0 saturated heterocycles. The molecule has 0 aliphatic carbocycles. The maximum absolute atomic E-state index is 11.8. The molecule has 130 valence electrons. The van der Waals surface area contributed by atoms with E-state index < -0.39 is 5.60 Å². The molecule has 0 amide bonds. The lowest BCUT2D eigenvalue weighted by molar-refractivity contribution is -0.154. The first-order chi connectivity index (χ1) is 11.8. The van der Waals surface area contributed by atoms with E-state index in [4.69, 9.17) is 4.74 Å². The molecule has 0 bridgehead atoms. The molecule has 0 aliphatic rings. The van der Waals surface area contributed by atoms with Gasteiger partial charge in [0.05, 0.1) is 5.69 Å². The second kappa shape index (κ2) is 6.67. The number of esters is 1. The molecule has 3 rings (SSSR count). The molecular weight excluding hydrogens is 314 g/mol. The number of carbonyl (C=O) groups is 1. The Morgan fingerprint density at radius 2 is 1.84 bits per heavy atom. The van der Waals surface area contributed by atoms with E-state index in [0.29, 0.717) is 12.8 Å². The van der Waals surface area contributed by atoms with E-state index in [0.717, 1.165) is 27.9 Å². The minimum atomic E-state index is -0.436. The van der Waals surface area contributed by atoms with Crippen LogP contribution >= 0.6 is 0 Å². The quantitative estimate of drug-likeness (QED) is 0.677. The van der Waals surface area contributed by atoms with Gasteiger partial charge in [0.1, 0.15) is 17.6 Å². The molecule has 0 radical (unpaired) electrons. The van der Waals surface area contributed by atoms with E-state index in [2.05, 4.69) is 9.97 Å². The molecule has 1 aromatic carbocycles. The number of fused-ring (bicyclic) bond motifs is 1. The van der Waals surface area contributed by atoms with Crippen molar-refractivity contribution in [3.63, 3.8) is 0 Å². The molecule has 0 N–H and O–H groups in total. The van der Waals surface area contributed by atoms with Crippen LogP contribution in [0.25, 0.3) is 22.3 Å². The van der Waals surface area contributed by atoms with Crippen LogP contribution in [0.2, 0.25) is 0 Å². The summed E-state index contributed by atoms with van der Waals surface area (Å²) >= 11 is 0. The lowest BCUT2D eigenvalue weighted by Gasteiger charge is -2.19. The summed E-state index contributed by atoms with van der Waals surface area (Å²) in [7, 11) is 1.97. The van der Waals surface area contributed by atoms with Gasteiger partial charge in [-0.15, -0.1) is 0 Å². The second-order valence-electron chi connectivity index (χ2n) is 7.17. The van der Waals surface area contributed by atoms with Crippen molar-refractivity contribution in [2.24, 2.45) is 7.05 Å². The minimum absolute atomic E-state index is 0.168. The molecule has 3 aromatic rings. The van der Waals surface area contributed by atoms with E-state index in [9.17, 15) is 4.79 Å². The van der Waals surface area contributed by atoms with E-state index in [1.807, 2.05) is 68.9 Å². The third kappa shape index (κ3) is 4.05. The summed E-state index contributed by atoms with van der Waals surface area (Å²) in [6.07, 6.45) is 4.62. The average molecular weight is 337 g/mol. The molecule has 0 aliphatic heterocycles. The Bertz CT molecular complexity index is 889. The van der Waals surface area contributed by atoms with Gasteiger partial charge in [-0.1, -0.05) is 24.3 Å². The zero-order valence-corrected chi connectivity index (χ0v) is 15.1. The molecule has 0 fully saturated rings. The topological polar surface area (TPSA) is 57.0 Å². The third-order valence-electron chi connectivity index (χ3n) is 3.93. The first-order valence-corrected chi connectivity index (χ1v) is 8.41. The Hall–Kier alpha value is -2.69. The lowest BCUT2D eigenvalue weighted by Crippen LogP contribution is -2.23. The van der Waals surface area contributed by atoms with E-state index in [1.54, 1.807) is 6.33 Å². The standard InChI is InChI=1S/C20H23N3O2/c1-20(2,3)25-17(24)10-7-14-5-8-15(9-6-14)18-16-11-12-23(4)19(16)22-13-21-18/h5-6,8-9,11-13H,7,10H2,1-4H3. The number of ether oxygens (including phenoxy) is 1. The Labute approximate surface area is 147 Å². The van der Waals surface area contributed by atoms with Gasteiger partial charge >= 0.3 is 5.97 Å². The zero-order chi connectivity index (χ0) is 18.0. The fourth-order valence-electron chi connectivity index (χ4n) is 2.78. The molecule has 2 aromatic heterocycles. The first-order valence-electron chi connectivity index (χ1n) is 8.41. The van der Waals surface area contributed by atoms with Crippen LogP contribution in [-0.4, -0.2) is 26.1 Å². The van der Waals surface area contributed by atoms with Crippen molar-refractivity contribution in [3.05, 3.63) is 48.4 Å². The van der Waals surface area contributed by atoms with E-state index in [1.165, 1.54) is 0 Å². The Morgan fingerprint density at radius 3 is 2.52 bits per heavy atom. The summed E-state index contributed by atoms with van der Waals surface area (Å²) in [4.78, 5) is 20.6. The highest BCUT2D eigenvalue weighted by Gasteiger charge is 2.16. The highest BCUT2D eigenvalue weighted by molar-refractivity contribution is 5.90. The Morgan fingerprint density at radius 1 is 1.12 bits per heavy atom. The van der Waals surface area contributed by atoms with Crippen molar-refractivity contribution in [1.29, 1.82) is 0 Å². The zero-order valence-electron chi connectivity index (χ0n) is 15.1. The number of hydrogen-bond donors (Lipinski definition) is 0. The number of nitrogens with zero attached hydrogens (tertiary/aromatic N) is 3. The van der Waals surface area contributed by atoms with Gasteiger partial charge in [-0.25, -0.2) is 9.97 Å². The smallest absolute Gasteiger partial charge is 0.306 e. The number of aromatic nitrogens is 3. The van der Waals surface area contributed by atoms with Gasteiger partial charge in [-0.3, -0.25) is 4.79 Å². The summed E-state index contributed by atoms with van der Waals surface area (Å²) in [5.41, 5.74) is 3.55. The van der Waals surface area contributed by atoms with Gasteiger partial charge < -0.3 is 9.30 Å². The SMILES string of the molecule is Cn1ccc2c(-c3ccc(CCC(=O)OC(C)(C)C)cc3)ncnc21. The van der Waals surface area contributed by atoms with Crippen LogP contribution in [0.4, 0.5) is 0 Å². The summed E-state index contributed by atoms with van der Waals surface area (Å²) in [5.74, 6) is -0.168. The maximum atomic E-state index is 11.8. The first kappa shape index (κ1) is 17.1. The van der Waals surface area contributed by atoms with Crippen LogP contribution in [0, 0.1) is 0 Å². The van der Waals surface area contributed by atoms with Gasteiger partial charge in [0.15, 0.2) is 0 Å². The number of aryl methyl sites for hydroxylation is 2. The third-order valence-corrected chi connectivity index (χ3v) is 3.93. The van der Waals surface area contributed by atoms with Gasteiger partial charge in [-0.2, -0.15) is 0 Å². The molecule has 0 spiro atoms. The Balaban J connectivity index is 1.73. The normalized spacial score (nSPS) is 11.7. The summed E-state index contributed by atoms with van der Waals surface area (Å²) in [5, 5.41) is 1.03. The highest BCUT2D eigenvalue weighted by Crippen LogP contribution is 2.26. The van der Waals surface area contributed by atoms with Crippen molar-refractivity contribution in [2.45, 2.75) is 39.2 Å². The molecule has 0 unspecified atom stereocenters. The van der Waals surface area contributed by atoms with Crippen molar-refractivity contribution in [1.82, 2.24) is 14.5 Å². The van der Waals surface area contributed by atoms with E-state index in [-0.39, 0.29) is 5.97 Å². The molecule has 25 heavy (non-hydrogen) atoms. The predicted molar refractivity (Wildman–Crippen MR) is 98.1 cm³/mol. The van der Waals surface area contributed by atoms with Crippen molar-refractivity contribution in [3.8, 4) is 11.3 Å². The summed E-state index contributed by atoms with van der Waals surface area (Å²) in [6.45, 7) is 5.64. The largest absolute Gasteiger partial charge is 0.460 e. The van der Waals surface area contributed by atoms with E-state index >= 15 is 0 Å². The maximum Gasteiger partial charge on any atom is 0.306 e. The van der Waals surface area contributed by atoms with Gasteiger partial charge in [0, 0.05) is 30.6 Å². The molecule has 0 saturated carbocycles. The number of rotatable bonds is 4. The minimum Gasteiger partial charge on any atom is -0.460 e. The van der Waals surface area contributed by atoms with Crippen molar-refractivity contribution >= 4 is 17.0 Å². The number of carbonyl (C=O) groups excluding carboxylic acids is 1. The van der Waals surface area contributed by atoms with Gasteiger partial charge in [0.2, 0.25) is 0 Å². The Kier molecular flexibility index (Phi) is 4.57. The van der Waals surface area contributed by atoms with Gasteiger partial charge in [0.25, 0.3) is 0 Å². The van der Waals surface area contributed by atoms with Crippen molar-refractivity contribution < 1.29 is 9.53 Å². The van der Waals surface area contributed by atoms with Crippen LogP contribution in [0.1, 0.15) is 32.8 Å². The fourth-order valence-corrected chi connectivity index (χ4v) is 2.78. The van der Waals surface area contributed by atoms with Crippen LogP contribution in [0.5, 0.6) is 0 Å². The molecule has 5 heteroatoms. The fraction of sp³-hybridized carbons (Fsp3) is 0.350. The molecular formula is C20H23N3O2. The lowest BCUT2D eigenvalue weighted by atomic mass is 10.0. The molecule has 2 heterocycles.